The molecule has 1 aromatic heterocycles. The lowest BCUT2D eigenvalue weighted by Gasteiger charge is -2.11. The summed E-state index contributed by atoms with van der Waals surface area (Å²) in [4.78, 5) is 16.1. The number of rotatable bonds is 8. The lowest BCUT2D eigenvalue weighted by molar-refractivity contribution is -0.153. The highest BCUT2D eigenvalue weighted by molar-refractivity contribution is 5.90. The number of benzene rings is 1. The molecule has 30 heavy (non-hydrogen) atoms. The number of alkyl halides is 3. The Balaban J connectivity index is 1.95. The number of hydrogen-bond acceptors (Lipinski definition) is 5. The molecule has 0 bridgehead atoms. The van der Waals surface area contributed by atoms with Crippen molar-refractivity contribution in [3.63, 3.8) is 0 Å². The Morgan fingerprint density at radius 3 is 2.50 bits per heavy atom. The van der Waals surface area contributed by atoms with Gasteiger partial charge in [0.2, 0.25) is 0 Å². The summed E-state index contributed by atoms with van der Waals surface area (Å²) in [7, 11) is 1.30. The molecule has 0 spiro atoms. The number of aliphatic imine (C=N–C) groups is 1. The molecule has 1 heterocycles. The molecule has 0 aliphatic heterocycles. The number of guanidine groups is 1. The maximum absolute atomic E-state index is 12.2. The van der Waals surface area contributed by atoms with Crippen molar-refractivity contribution in [1.29, 1.82) is 0 Å². The fourth-order valence-corrected chi connectivity index (χ4v) is 2.48. The predicted octanol–water partition coefficient (Wildman–Crippen LogP) is 3.57. The summed E-state index contributed by atoms with van der Waals surface area (Å²) < 4.78 is 51.5. The van der Waals surface area contributed by atoms with Gasteiger partial charge in [-0.1, -0.05) is 12.1 Å². The van der Waals surface area contributed by atoms with E-state index in [2.05, 4.69) is 20.4 Å². The molecule has 0 unspecified atom stereocenters. The third-order valence-electron chi connectivity index (χ3n) is 3.89. The first-order valence-electron chi connectivity index (χ1n) is 9.20. The van der Waals surface area contributed by atoms with Crippen molar-refractivity contribution in [1.82, 2.24) is 10.6 Å². The van der Waals surface area contributed by atoms with Gasteiger partial charge in [-0.15, -0.1) is 0 Å². The molecule has 164 valence electrons. The van der Waals surface area contributed by atoms with Gasteiger partial charge in [0.05, 0.1) is 20.2 Å². The molecule has 0 radical (unpaired) electrons. The molecule has 0 aliphatic rings. The van der Waals surface area contributed by atoms with Gasteiger partial charge in [0.1, 0.15) is 22.8 Å². The fraction of sp³-hybridized carbons (Fsp3) is 0.400. The summed E-state index contributed by atoms with van der Waals surface area (Å²) >= 11 is 0. The highest BCUT2D eigenvalue weighted by Crippen LogP contribution is 2.19. The Morgan fingerprint density at radius 2 is 1.90 bits per heavy atom. The molecule has 7 nitrogen and oxygen atoms in total. The normalized spacial score (nSPS) is 11.9. The second kappa shape index (κ2) is 10.6. The fourth-order valence-electron chi connectivity index (χ4n) is 2.48. The van der Waals surface area contributed by atoms with E-state index in [-0.39, 0.29) is 5.75 Å². The standard InChI is InChI=1S/C20H24F3N3O4/c1-4-24-19(26-11-16-9-17(13(2)30-16)18(27)28-3)25-10-14-5-7-15(8-6-14)29-12-20(21,22)23/h5-9H,4,10-12H2,1-3H3,(H2,24,25,26). The van der Waals surface area contributed by atoms with E-state index in [1.165, 1.54) is 19.2 Å². The minimum absolute atomic E-state index is 0.139. The van der Waals surface area contributed by atoms with Crippen LogP contribution in [0.3, 0.4) is 0 Å². The maximum atomic E-state index is 12.2. The minimum Gasteiger partial charge on any atom is -0.484 e. The summed E-state index contributed by atoms with van der Waals surface area (Å²) in [5.41, 5.74) is 1.16. The minimum atomic E-state index is -4.38. The summed E-state index contributed by atoms with van der Waals surface area (Å²) in [5, 5.41) is 6.18. The smallest absolute Gasteiger partial charge is 0.422 e. The molecule has 0 atom stereocenters. The zero-order valence-electron chi connectivity index (χ0n) is 16.9. The average Bonchev–Trinajstić information content (AvgIpc) is 3.08. The first kappa shape index (κ1) is 23.1. The third kappa shape index (κ3) is 7.34. The Bertz CT molecular complexity index is 861. The molecule has 0 amide bonds. The van der Waals surface area contributed by atoms with Crippen LogP contribution in [-0.4, -0.2) is 38.4 Å². The van der Waals surface area contributed by atoms with E-state index >= 15 is 0 Å². The van der Waals surface area contributed by atoms with Crippen LogP contribution in [-0.2, 0) is 17.8 Å². The highest BCUT2D eigenvalue weighted by Gasteiger charge is 2.28. The van der Waals surface area contributed by atoms with E-state index < -0.39 is 18.8 Å². The van der Waals surface area contributed by atoms with Crippen LogP contribution < -0.4 is 15.4 Å². The van der Waals surface area contributed by atoms with Gasteiger partial charge in [0.15, 0.2) is 12.6 Å². The zero-order valence-corrected chi connectivity index (χ0v) is 16.9. The van der Waals surface area contributed by atoms with E-state index in [9.17, 15) is 18.0 Å². The van der Waals surface area contributed by atoms with Gasteiger partial charge in [0, 0.05) is 6.54 Å². The summed E-state index contributed by atoms with van der Waals surface area (Å²) in [6, 6.07) is 7.85. The summed E-state index contributed by atoms with van der Waals surface area (Å²) in [6.07, 6.45) is -4.38. The van der Waals surface area contributed by atoms with E-state index in [0.717, 1.165) is 5.56 Å². The Kier molecular flexibility index (Phi) is 8.14. The van der Waals surface area contributed by atoms with Crippen LogP contribution >= 0.6 is 0 Å². The second-order valence-corrected chi connectivity index (χ2v) is 6.27. The van der Waals surface area contributed by atoms with Crippen molar-refractivity contribution < 1.29 is 31.9 Å². The van der Waals surface area contributed by atoms with Gasteiger partial charge in [-0.25, -0.2) is 9.79 Å². The summed E-state index contributed by atoms with van der Waals surface area (Å²) in [6.45, 7) is 3.49. The molecule has 0 saturated heterocycles. The molecule has 0 saturated carbocycles. The van der Waals surface area contributed by atoms with Crippen molar-refractivity contribution in [2.24, 2.45) is 4.99 Å². The average molecular weight is 427 g/mol. The lowest BCUT2D eigenvalue weighted by Crippen LogP contribution is -2.36. The van der Waals surface area contributed by atoms with Crippen molar-refractivity contribution >= 4 is 11.9 Å². The maximum Gasteiger partial charge on any atom is 0.422 e. The number of esters is 1. The number of halogens is 3. The quantitative estimate of drug-likeness (QED) is 0.381. The molecular weight excluding hydrogens is 403 g/mol. The van der Waals surface area contributed by atoms with Crippen LogP contribution in [0.2, 0.25) is 0 Å². The molecular formula is C20H24F3N3O4. The monoisotopic (exact) mass is 427 g/mol. The van der Waals surface area contributed by atoms with E-state index in [1.807, 2.05) is 6.92 Å². The first-order valence-corrected chi connectivity index (χ1v) is 9.20. The first-order chi connectivity index (χ1) is 14.2. The number of furan rings is 1. The van der Waals surface area contributed by atoms with Crippen LogP contribution in [0.4, 0.5) is 13.2 Å². The van der Waals surface area contributed by atoms with Crippen molar-refractivity contribution in [3.05, 3.63) is 53.0 Å². The van der Waals surface area contributed by atoms with Crippen molar-refractivity contribution in [2.45, 2.75) is 33.1 Å². The van der Waals surface area contributed by atoms with E-state index in [4.69, 9.17) is 9.15 Å². The molecule has 2 N–H and O–H groups in total. The Labute approximate surface area is 172 Å². The molecule has 2 rings (SSSR count). The van der Waals surface area contributed by atoms with Gasteiger partial charge >= 0.3 is 12.1 Å². The van der Waals surface area contributed by atoms with Crippen LogP contribution in [0.25, 0.3) is 0 Å². The van der Waals surface area contributed by atoms with E-state index in [1.54, 1.807) is 25.1 Å². The number of hydrogen-bond donors (Lipinski definition) is 2. The number of carbonyl (C=O) groups is 1. The van der Waals surface area contributed by atoms with E-state index in [0.29, 0.717) is 42.7 Å². The third-order valence-corrected chi connectivity index (χ3v) is 3.89. The Morgan fingerprint density at radius 1 is 1.20 bits per heavy atom. The second-order valence-electron chi connectivity index (χ2n) is 6.27. The highest BCUT2D eigenvalue weighted by atomic mass is 19.4. The van der Waals surface area contributed by atoms with Crippen LogP contribution in [0, 0.1) is 6.92 Å². The topological polar surface area (TPSA) is 85.1 Å². The largest absolute Gasteiger partial charge is 0.484 e. The molecule has 1 aromatic carbocycles. The van der Waals surface area contributed by atoms with Crippen LogP contribution in [0.5, 0.6) is 5.75 Å². The number of carbonyl (C=O) groups excluding carboxylic acids is 1. The zero-order chi connectivity index (χ0) is 22.1. The van der Waals surface area contributed by atoms with Gasteiger partial charge in [-0.3, -0.25) is 0 Å². The van der Waals surface area contributed by atoms with Gasteiger partial charge < -0.3 is 24.5 Å². The molecule has 0 fully saturated rings. The Hall–Kier alpha value is -3.17. The van der Waals surface area contributed by atoms with Crippen molar-refractivity contribution in [2.75, 3.05) is 20.3 Å². The van der Waals surface area contributed by atoms with Crippen LogP contribution in [0.15, 0.2) is 39.7 Å². The molecule has 10 heteroatoms. The molecule has 0 aliphatic carbocycles. The number of aryl methyl sites for hydroxylation is 1. The molecule has 2 aromatic rings. The van der Waals surface area contributed by atoms with Gasteiger partial charge in [-0.05, 0) is 37.6 Å². The van der Waals surface area contributed by atoms with Gasteiger partial charge in [-0.2, -0.15) is 13.2 Å². The number of ether oxygens (including phenoxy) is 2. The SMILES string of the molecule is CCNC(=NCc1ccc(OCC(F)(F)F)cc1)NCc1cc(C(=O)OC)c(C)o1. The number of methoxy groups -OCH3 is 1. The summed E-state index contributed by atoms with van der Waals surface area (Å²) in [5.74, 6) is 1.20. The number of nitrogens with zero attached hydrogens (tertiary/aromatic N) is 1. The van der Waals surface area contributed by atoms with Crippen LogP contribution in [0.1, 0.15) is 34.4 Å². The van der Waals surface area contributed by atoms with Crippen molar-refractivity contribution in [3.8, 4) is 5.75 Å². The lowest BCUT2D eigenvalue weighted by atomic mass is 10.2. The number of nitrogens with one attached hydrogen (secondary N) is 2. The van der Waals surface area contributed by atoms with Gasteiger partial charge in [0.25, 0.3) is 0 Å². The predicted molar refractivity (Wildman–Crippen MR) is 104 cm³/mol.